The topological polar surface area (TPSA) is 23.6 Å². The van der Waals surface area contributed by atoms with Crippen LogP contribution in [0.3, 0.4) is 0 Å². The Hall–Kier alpha value is -3.19. The molecular formula is C33H36F4N2O. The van der Waals surface area contributed by atoms with Crippen LogP contribution < -0.4 is 0 Å². The van der Waals surface area contributed by atoms with E-state index in [0.29, 0.717) is 37.3 Å². The Morgan fingerprint density at radius 1 is 0.925 bits per heavy atom. The Morgan fingerprint density at radius 2 is 1.65 bits per heavy atom. The normalized spacial score (nSPS) is 20.5. The lowest BCUT2D eigenvalue weighted by Gasteiger charge is -2.37. The molecule has 2 fully saturated rings. The Morgan fingerprint density at radius 3 is 2.35 bits per heavy atom. The van der Waals surface area contributed by atoms with Crippen LogP contribution in [0.1, 0.15) is 70.6 Å². The average Bonchev–Trinajstić information content (AvgIpc) is 3.34. The summed E-state index contributed by atoms with van der Waals surface area (Å²) in [5.74, 6) is -0.203. The van der Waals surface area contributed by atoms with Gasteiger partial charge in [-0.1, -0.05) is 61.7 Å². The number of benzene rings is 3. The zero-order chi connectivity index (χ0) is 28.3. The summed E-state index contributed by atoms with van der Waals surface area (Å²) >= 11 is 0. The van der Waals surface area contributed by atoms with Crippen LogP contribution in [0.5, 0.6) is 0 Å². The van der Waals surface area contributed by atoms with Crippen molar-refractivity contribution in [2.45, 2.75) is 63.7 Å². The highest BCUT2D eigenvalue weighted by atomic mass is 19.4. The number of rotatable bonds is 7. The third kappa shape index (κ3) is 6.57. The molecule has 0 radical (unpaired) electrons. The standard InChI is InChI=1S/C33H36F4N2O/c1-23-8-5-6-13-30(23)31-22-38(19-24-9-7-10-27(18-24)33(35,36)37)20-26(31)21-39(29-11-3-2-4-12-29)32(40)25-14-16-28(34)17-15-25/h5-10,13-18,26,29,31H,2-4,11-12,19-22H2,1H3/t26-,31-/m0/s1. The van der Waals surface area contributed by atoms with E-state index in [1.165, 1.54) is 35.4 Å². The number of halogens is 4. The van der Waals surface area contributed by atoms with Crippen molar-refractivity contribution in [1.82, 2.24) is 9.80 Å². The zero-order valence-electron chi connectivity index (χ0n) is 22.8. The Balaban J connectivity index is 1.43. The molecule has 3 aromatic rings. The predicted octanol–water partition coefficient (Wildman–Crippen LogP) is 7.84. The van der Waals surface area contributed by atoms with E-state index in [0.717, 1.165) is 38.2 Å². The Kier molecular flexibility index (Phi) is 8.60. The first-order chi connectivity index (χ1) is 19.2. The third-order valence-corrected chi connectivity index (χ3v) is 8.56. The first kappa shape index (κ1) is 28.3. The molecule has 1 amide bonds. The minimum absolute atomic E-state index is 0.0771. The minimum Gasteiger partial charge on any atom is -0.335 e. The van der Waals surface area contributed by atoms with E-state index in [1.807, 2.05) is 17.0 Å². The van der Waals surface area contributed by atoms with Crippen molar-refractivity contribution in [3.63, 3.8) is 0 Å². The molecule has 0 bridgehead atoms. The number of amides is 1. The molecule has 40 heavy (non-hydrogen) atoms. The van der Waals surface area contributed by atoms with Crippen LogP contribution in [-0.4, -0.2) is 41.4 Å². The Labute approximate surface area is 233 Å². The summed E-state index contributed by atoms with van der Waals surface area (Å²) in [6.07, 6.45) is 0.825. The maximum atomic E-state index is 13.8. The predicted molar refractivity (Wildman–Crippen MR) is 148 cm³/mol. The minimum atomic E-state index is -4.38. The highest BCUT2D eigenvalue weighted by Crippen LogP contribution is 2.38. The molecule has 3 nitrogen and oxygen atoms in total. The number of aryl methyl sites for hydroxylation is 1. The lowest BCUT2D eigenvalue weighted by molar-refractivity contribution is -0.137. The van der Waals surface area contributed by atoms with Gasteiger partial charge in [0, 0.05) is 43.7 Å². The van der Waals surface area contributed by atoms with Gasteiger partial charge in [-0.05, 0) is 72.7 Å². The number of hydrogen-bond donors (Lipinski definition) is 0. The van der Waals surface area contributed by atoms with E-state index in [9.17, 15) is 22.4 Å². The molecular weight excluding hydrogens is 516 g/mol. The number of hydrogen-bond acceptors (Lipinski definition) is 2. The quantitative estimate of drug-likeness (QED) is 0.279. The van der Waals surface area contributed by atoms with Crippen LogP contribution in [0.15, 0.2) is 72.8 Å². The third-order valence-electron chi connectivity index (χ3n) is 8.56. The molecule has 1 aliphatic carbocycles. The van der Waals surface area contributed by atoms with Crippen LogP contribution in [0.2, 0.25) is 0 Å². The van der Waals surface area contributed by atoms with E-state index in [-0.39, 0.29) is 29.6 Å². The van der Waals surface area contributed by atoms with Crippen molar-refractivity contribution >= 4 is 5.91 Å². The van der Waals surface area contributed by atoms with E-state index in [2.05, 4.69) is 24.0 Å². The molecule has 2 atom stereocenters. The van der Waals surface area contributed by atoms with E-state index in [4.69, 9.17) is 0 Å². The summed E-state index contributed by atoms with van der Waals surface area (Å²) in [7, 11) is 0. The summed E-state index contributed by atoms with van der Waals surface area (Å²) in [4.78, 5) is 18.1. The molecule has 0 N–H and O–H groups in total. The largest absolute Gasteiger partial charge is 0.416 e. The molecule has 1 saturated heterocycles. The summed E-state index contributed by atoms with van der Waals surface area (Å²) in [6.45, 7) is 4.44. The number of carbonyl (C=O) groups is 1. The number of likely N-dealkylation sites (tertiary alicyclic amines) is 1. The highest BCUT2D eigenvalue weighted by Gasteiger charge is 2.38. The van der Waals surface area contributed by atoms with Crippen LogP contribution in [0, 0.1) is 18.7 Å². The van der Waals surface area contributed by atoms with Crippen molar-refractivity contribution in [1.29, 1.82) is 0 Å². The van der Waals surface area contributed by atoms with Crippen molar-refractivity contribution in [3.05, 3.63) is 106 Å². The van der Waals surface area contributed by atoms with Gasteiger partial charge in [0.1, 0.15) is 5.82 Å². The van der Waals surface area contributed by atoms with Crippen molar-refractivity contribution in [3.8, 4) is 0 Å². The fourth-order valence-corrected chi connectivity index (χ4v) is 6.54. The summed E-state index contributed by atoms with van der Waals surface area (Å²) < 4.78 is 53.7. The van der Waals surface area contributed by atoms with Gasteiger partial charge in [0.2, 0.25) is 0 Å². The second-order valence-corrected chi connectivity index (χ2v) is 11.4. The SMILES string of the molecule is Cc1ccccc1[C@H]1CN(Cc2cccc(C(F)(F)F)c2)C[C@H]1CN(C(=O)c1ccc(F)cc1)C1CCCCC1. The first-order valence-corrected chi connectivity index (χ1v) is 14.2. The number of alkyl halides is 3. The van der Waals surface area contributed by atoms with Gasteiger partial charge < -0.3 is 4.90 Å². The molecule has 1 heterocycles. The summed E-state index contributed by atoms with van der Waals surface area (Å²) in [5, 5.41) is 0. The van der Waals surface area contributed by atoms with Crippen molar-refractivity contribution in [2.75, 3.05) is 19.6 Å². The van der Waals surface area contributed by atoms with E-state index in [1.54, 1.807) is 18.2 Å². The van der Waals surface area contributed by atoms with Crippen LogP contribution >= 0.6 is 0 Å². The van der Waals surface area contributed by atoms with E-state index >= 15 is 0 Å². The maximum Gasteiger partial charge on any atom is 0.416 e. The van der Waals surface area contributed by atoms with Gasteiger partial charge in [0.25, 0.3) is 5.91 Å². The Bertz CT molecular complexity index is 1300. The molecule has 0 aromatic heterocycles. The van der Waals surface area contributed by atoms with Gasteiger partial charge in [0.05, 0.1) is 5.56 Å². The average molecular weight is 553 g/mol. The van der Waals surface area contributed by atoms with Gasteiger partial charge in [-0.3, -0.25) is 9.69 Å². The maximum absolute atomic E-state index is 13.8. The summed E-state index contributed by atoms with van der Waals surface area (Å²) in [6, 6.07) is 19.7. The fourth-order valence-electron chi connectivity index (χ4n) is 6.54. The fraction of sp³-hybridized carbons (Fsp3) is 0.424. The first-order valence-electron chi connectivity index (χ1n) is 14.2. The molecule has 5 rings (SSSR count). The lowest BCUT2D eigenvalue weighted by Crippen LogP contribution is -2.45. The molecule has 7 heteroatoms. The van der Waals surface area contributed by atoms with Gasteiger partial charge in [0.15, 0.2) is 0 Å². The second kappa shape index (κ2) is 12.1. The second-order valence-electron chi connectivity index (χ2n) is 11.4. The number of carbonyl (C=O) groups excluding carboxylic acids is 1. The smallest absolute Gasteiger partial charge is 0.335 e. The van der Waals surface area contributed by atoms with Crippen LogP contribution in [0.25, 0.3) is 0 Å². The molecule has 212 valence electrons. The molecule has 0 unspecified atom stereocenters. The lowest BCUT2D eigenvalue weighted by atomic mass is 9.85. The van der Waals surface area contributed by atoms with Crippen LogP contribution in [-0.2, 0) is 12.7 Å². The monoisotopic (exact) mass is 552 g/mol. The van der Waals surface area contributed by atoms with Crippen molar-refractivity contribution in [2.24, 2.45) is 5.92 Å². The molecule has 1 saturated carbocycles. The van der Waals surface area contributed by atoms with Crippen LogP contribution in [0.4, 0.5) is 17.6 Å². The van der Waals surface area contributed by atoms with Gasteiger partial charge in [-0.25, -0.2) is 4.39 Å². The van der Waals surface area contributed by atoms with Gasteiger partial charge in [-0.15, -0.1) is 0 Å². The molecule has 0 spiro atoms. The number of nitrogens with zero attached hydrogens (tertiary/aromatic N) is 2. The van der Waals surface area contributed by atoms with Gasteiger partial charge in [-0.2, -0.15) is 13.2 Å². The summed E-state index contributed by atoms with van der Waals surface area (Å²) in [5.41, 5.74) is 2.87. The van der Waals surface area contributed by atoms with Gasteiger partial charge >= 0.3 is 6.18 Å². The molecule has 3 aromatic carbocycles. The zero-order valence-corrected chi connectivity index (χ0v) is 22.8. The molecule has 1 aliphatic heterocycles. The van der Waals surface area contributed by atoms with E-state index < -0.39 is 11.7 Å². The highest BCUT2D eigenvalue weighted by molar-refractivity contribution is 5.94. The van der Waals surface area contributed by atoms with Crippen molar-refractivity contribution < 1.29 is 22.4 Å². The molecule has 2 aliphatic rings.